The highest BCUT2D eigenvalue weighted by Crippen LogP contribution is 2.26. The highest BCUT2D eigenvalue weighted by molar-refractivity contribution is 7.98. The van der Waals surface area contributed by atoms with Gasteiger partial charge in [-0.15, -0.1) is 22.9 Å². The van der Waals surface area contributed by atoms with Gasteiger partial charge in [0.2, 0.25) is 0 Å². The lowest BCUT2D eigenvalue weighted by molar-refractivity contribution is 0.761. The number of halogens is 1. The minimum Gasteiger partial charge on any atom is -0.325 e. The lowest BCUT2D eigenvalue weighted by atomic mass is 10.4. The molecule has 0 atom stereocenters. The van der Waals surface area contributed by atoms with Crippen LogP contribution in [0.1, 0.15) is 22.4 Å². The second-order valence-corrected chi connectivity index (χ2v) is 6.20. The Bertz CT molecular complexity index is 490. The van der Waals surface area contributed by atoms with Crippen molar-refractivity contribution in [2.75, 3.05) is 0 Å². The summed E-state index contributed by atoms with van der Waals surface area (Å²) in [6.45, 7) is 2.19. The smallest absolute Gasteiger partial charge is 0.168 e. The average molecular weight is 287 g/mol. The zero-order valence-electron chi connectivity index (χ0n) is 9.94. The van der Waals surface area contributed by atoms with Crippen molar-refractivity contribution >= 4 is 34.7 Å². The first-order chi connectivity index (χ1) is 8.24. The molecular formula is C12H15ClN2S2. The Hall–Kier alpha value is -0.450. The molecule has 0 aliphatic rings. The van der Waals surface area contributed by atoms with Crippen LogP contribution in [-0.4, -0.2) is 9.55 Å². The summed E-state index contributed by atoms with van der Waals surface area (Å²) >= 11 is 9.47. The Morgan fingerprint density at radius 3 is 2.76 bits per heavy atom. The predicted octanol–water partition coefficient (Wildman–Crippen LogP) is 4.08. The highest BCUT2D eigenvalue weighted by atomic mass is 35.5. The van der Waals surface area contributed by atoms with Crippen molar-refractivity contribution in [2.45, 2.75) is 30.1 Å². The molecule has 0 saturated carbocycles. The predicted molar refractivity (Wildman–Crippen MR) is 76.0 cm³/mol. The molecule has 0 aliphatic heterocycles. The van der Waals surface area contributed by atoms with E-state index in [-0.39, 0.29) is 0 Å². The van der Waals surface area contributed by atoms with E-state index in [2.05, 4.69) is 28.6 Å². The summed E-state index contributed by atoms with van der Waals surface area (Å²) in [5.74, 6) is 1.50. The van der Waals surface area contributed by atoms with Crippen molar-refractivity contribution in [3.8, 4) is 0 Å². The first-order valence-corrected chi connectivity index (χ1v) is 7.85. The summed E-state index contributed by atoms with van der Waals surface area (Å²) in [5.41, 5.74) is 1.06. The van der Waals surface area contributed by atoms with Crippen LogP contribution in [0.4, 0.5) is 0 Å². The van der Waals surface area contributed by atoms with Gasteiger partial charge in [-0.1, -0.05) is 18.7 Å². The van der Waals surface area contributed by atoms with Crippen LogP contribution in [0.15, 0.2) is 23.5 Å². The van der Waals surface area contributed by atoms with Crippen molar-refractivity contribution in [3.05, 3.63) is 33.8 Å². The number of thiophene rings is 1. The SMILES string of the molecule is CCc1ccc(CSc2ncc(CCl)n2C)s1. The molecular weight excluding hydrogens is 272 g/mol. The number of hydrogen-bond donors (Lipinski definition) is 0. The normalized spacial score (nSPS) is 11.0. The molecule has 0 unspecified atom stereocenters. The van der Waals surface area contributed by atoms with Crippen molar-refractivity contribution in [1.82, 2.24) is 9.55 Å². The number of rotatable bonds is 5. The lowest BCUT2D eigenvalue weighted by Gasteiger charge is -2.02. The molecule has 0 radical (unpaired) electrons. The van der Waals surface area contributed by atoms with Gasteiger partial charge in [0.25, 0.3) is 0 Å². The van der Waals surface area contributed by atoms with Crippen LogP contribution in [-0.2, 0) is 25.1 Å². The minimum absolute atomic E-state index is 0.517. The summed E-state index contributed by atoms with van der Waals surface area (Å²) in [7, 11) is 2.01. The van der Waals surface area contributed by atoms with E-state index in [1.165, 1.54) is 9.75 Å². The number of thioether (sulfide) groups is 1. The van der Waals surface area contributed by atoms with Gasteiger partial charge < -0.3 is 4.57 Å². The third kappa shape index (κ3) is 3.06. The molecule has 0 bridgehead atoms. The maximum Gasteiger partial charge on any atom is 0.168 e. The topological polar surface area (TPSA) is 17.8 Å². The fourth-order valence-corrected chi connectivity index (χ4v) is 3.73. The van der Waals surface area contributed by atoms with Crippen molar-refractivity contribution < 1.29 is 0 Å². The summed E-state index contributed by atoms with van der Waals surface area (Å²) in [6, 6.07) is 4.42. The first kappa shape index (κ1) is 13.0. The van der Waals surface area contributed by atoms with E-state index in [4.69, 9.17) is 11.6 Å². The fraction of sp³-hybridized carbons (Fsp3) is 0.417. The average Bonchev–Trinajstić information content (AvgIpc) is 2.93. The van der Waals surface area contributed by atoms with Gasteiger partial charge >= 0.3 is 0 Å². The van der Waals surface area contributed by atoms with Gasteiger partial charge in [-0.25, -0.2) is 4.98 Å². The molecule has 2 heterocycles. The summed E-state index contributed by atoms with van der Waals surface area (Å²) in [6.07, 6.45) is 2.97. The number of imidazole rings is 1. The maximum atomic E-state index is 5.82. The molecule has 0 N–H and O–H groups in total. The largest absolute Gasteiger partial charge is 0.325 e. The maximum absolute atomic E-state index is 5.82. The van der Waals surface area contributed by atoms with Crippen LogP contribution >= 0.6 is 34.7 Å². The molecule has 2 aromatic heterocycles. The monoisotopic (exact) mass is 286 g/mol. The zero-order chi connectivity index (χ0) is 12.3. The van der Waals surface area contributed by atoms with Crippen molar-refractivity contribution in [3.63, 3.8) is 0 Å². The van der Waals surface area contributed by atoms with Crippen LogP contribution in [0, 0.1) is 0 Å². The second-order valence-electron chi connectivity index (χ2n) is 3.74. The Labute approximate surface area is 115 Å². The molecule has 17 heavy (non-hydrogen) atoms. The molecule has 0 amide bonds. The standard InChI is InChI=1S/C12H15ClN2S2/c1-3-10-4-5-11(17-10)8-16-12-14-7-9(6-13)15(12)2/h4-5,7H,3,6,8H2,1-2H3. The fourth-order valence-electron chi connectivity index (χ4n) is 1.51. The third-order valence-electron chi connectivity index (χ3n) is 2.59. The Balaban J connectivity index is 1.99. The van der Waals surface area contributed by atoms with Gasteiger partial charge in [0.15, 0.2) is 5.16 Å². The van der Waals surface area contributed by atoms with Gasteiger partial charge in [-0.2, -0.15) is 0 Å². The first-order valence-electron chi connectivity index (χ1n) is 5.51. The molecule has 2 nitrogen and oxygen atoms in total. The molecule has 0 aliphatic carbocycles. The van der Waals surface area contributed by atoms with E-state index in [9.17, 15) is 0 Å². The molecule has 0 saturated heterocycles. The molecule has 92 valence electrons. The van der Waals surface area contributed by atoms with E-state index in [1.807, 2.05) is 24.6 Å². The summed E-state index contributed by atoms with van der Waals surface area (Å²) in [4.78, 5) is 7.23. The molecule has 0 fully saturated rings. The van der Waals surface area contributed by atoms with Gasteiger partial charge in [0.1, 0.15) is 0 Å². The van der Waals surface area contributed by atoms with Gasteiger partial charge in [-0.3, -0.25) is 0 Å². The van der Waals surface area contributed by atoms with Crippen molar-refractivity contribution in [1.29, 1.82) is 0 Å². The molecule has 2 rings (SSSR count). The van der Waals surface area contributed by atoms with Crippen LogP contribution in [0.2, 0.25) is 0 Å². The number of aromatic nitrogens is 2. The van der Waals surface area contributed by atoms with Crippen LogP contribution in [0.25, 0.3) is 0 Å². The van der Waals surface area contributed by atoms with Crippen molar-refractivity contribution in [2.24, 2.45) is 7.05 Å². The van der Waals surface area contributed by atoms with E-state index >= 15 is 0 Å². The van der Waals surface area contributed by atoms with Crippen LogP contribution in [0.3, 0.4) is 0 Å². The summed E-state index contributed by atoms with van der Waals surface area (Å²) in [5, 5.41) is 1.03. The Kier molecular flexibility index (Phi) is 4.54. The van der Waals surface area contributed by atoms with E-state index in [1.54, 1.807) is 11.8 Å². The minimum atomic E-state index is 0.517. The molecule has 0 aromatic carbocycles. The number of aryl methyl sites for hydroxylation is 1. The van der Waals surface area contributed by atoms with Gasteiger partial charge in [0, 0.05) is 22.6 Å². The van der Waals surface area contributed by atoms with E-state index in [0.717, 1.165) is 23.0 Å². The Morgan fingerprint density at radius 1 is 1.41 bits per heavy atom. The third-order valence-corrected chi connectivity index (χ3v) is 5.37. The highest BCUT2D eigenvalue weighted by Gasteiger charge is 2.07. The molecule has 0 spiro atoms. The molecule has 5 heteroatoms. The number of alkyl halides is 1. The second kappa shape index (κ2) is 5.94. The van der Waals surface area contributed by atoms with E-state index < -0.39 is 0 Å². The zero-order valence-corrected chi connectivity index (χ0v) is 12.3. The Morgan fingerprint density at radius 2 is 2.18 bits per heavy atom. The van der Waals surface area contributed by atoms with Gasteiger partial charge in [0.05, 0.1) is 17.8 Å². The van der Waals surface area contributed by atoms with Crippen LogP contribution < -0.4 is 0 Å². The van der Waals surface area contributed by atoms with E-state index in [0.29, 0.717) is 5.88 Å². The lowest BCUT2D eigenvalue weighted by Crippen LogP contribution is -1.95. The number of nitrogens with zero attached hydrogens (tertiary/aromatic N) is 2. The number of hydrogen-bond acceptors (Lipinski definition) is 3. The molecule has 2 aromatic rings. The summed E-state index contributed by atoms with van der Waals surface area (Å²) < 4.78 is 2.06. The van der Waals surface area contributed by atoms with Crippen LogP contribution in [0.5, 0.6) is 0 Å². The van der Waals surface area contributed by atoms with Gasteiger partial charge in [-0.05, 0) is 18.6 Å². The quantitative estimate of drug-likeness (QED) is 0.609.